The maximum Gasteiger partial charge on any atom is 0.120 e. The van der Waals surface area contributed by atoms with Gasteiger partial charge in [-0.25, -0.2) is 0 Å². The molecule has 0 radical (unpaired) electrons. The Balaban J connectivity index is 1.99. The minimum atomic E-state index is 0.576. The van der Waals surface area contributed by atoms with Crippen LogP contribution in [0.15, 0.2) is 24.3 Å². The molecule has 0 spiro atoms. The summed E-state index contributed by atoms with van der Waals surface area (Å²) in [7, 11) is 0. The lowest BCUT2D eigenvalue weighted by molar-refractivity contribution is 0.579. The van der Waals surface area contributed by atoms with Crippen LogP contribution in [0.5, 0.6) is 0 Å². The van der Waals surface area contributed by atoms with E-state index in [1.807, 2.05) is 6.07 Å². The van der Waals surface area contributed by atoms with E-state index in [1.54, 1.807) is 11.5 Å². The molecule has 1 fully saturated rings. The third-order valence-electron chi connectivity index (χ3n) is 3.62. The number of anilines is 1. The van der Waals surface area contributed by atoms with Gasteiger partial charge in [-0.1, -0.05) is 12.1 Å². The zero-order valence-corrected chi connectivity index (χ0v) is 10.8. The maximum absolute atomic E-state index is 5.79. The second kappa shape index (κ2) is 4.27. The molecule has 2 N–H and O–H groups in total. The van der Waals surface area contributed by atoms with Crippen molar-refractivity contribution in [2.24, 2.45) is 11.7 Å². The Kier molecular flexibility index (Phi) is 2.76. The highest BCUT2D eigenvalue weighted by Crippen LogP contribution is 2.36. The van der Waals surface area contributed by atoms with Gasteiger partial charge >= 0.3 is 0 Å². The standard InChI is InChI=1S/C13H17N3S/c1-9-6-10(7-14)8-16(9)13-11-4-2-3-5-12(11)15-17-13/h2-5,9-10H,6-8,14H2,1H3. The van der Waals surface area contributed by atoms with Crippen LogP contribution in [0.3, 0.4) is 0 Å². The van der Waals surface area contributed by atoms with Gasteiger partial charge in [-0.05, 0) is 49.5 Å². The van der Waals surface area contributed by atoms with Gasteiger partial charge < -0.3 is 10.6 Å². The van der Waals surface area contributed by atoms with Crippen molar-refractivity contribution in [1.29, 1.82) is 0 Å². The summed E-state index contributed by atoms with van der Waals surface area (Å²) in [6.45, 7) is 4.14. The first-order valence-electron chi connectivity index (χ1n) is 6.10. The Hall–Kier alpha value is -1.13. The third kappa shape index (κ3) is 1.81. The van der Waals surface area contributed by atoms with Crippen molar-refractivity contribution in [2.75, 3.05) is 18.0 Å². The van der Waals surface area contributed by atoms with Crippen LogP contribution in [0.4, 0.5) is 5.00 Å². The monoisotopic (exact) mass is 247 g/mol. The Morgan fingerprint density at radius 3 is 3.06 bits per heavy atom. The minimum absolute atomic E-state index is 0.576. The molecule has 1 aromatic heterocycles. The van der Waals surface area contributed by atoms with Gasteiger partial charge in [0.1, 0.15) is 5.00 Å². The molecule has 3 rings (SSSR count). The van der Waals surface area contributed by atoms with Crippen LogP contribution in [-0.2, 0) is 0 Å². The lowest BCUT2D eigenvalue weighted by atomic mass is 10.1. The molecule has 2 aromatic rings. The third-order valence-corrected chi connectivity index (χ3v) is 4.54. The van der Waals surface area contributed by atoms with E-state index in [1.165, 1.54) is 16.8 Å². The van der Waals surface area contributed by atoms with Crippen molar-refractivity contribution in [2.45, 2.75) is 19.4 Å². The van der Waals surface area contributed by atoms with Crippen LogP contribution in [0.2, 0.25) is 0 Å². The molecule has 1 saturated heterocycles. The van der Waals surface area contributed by atoms with Crippen molar-refractivity contribution in [3.05, 3.63) is 24.3 Å². The molecule has 90 valence electrons. The second-order valence-electron chi connectivity index (χ2n) is 4.84. The topological polar surface area (TPSA) is 42.1 Å². The smallest absolute Gasteiger partial charge is 0.120 e. The average Bonchev–Trinajstić information content (AvgIpc) is 2.92. The molecular formula is C13H17N3S. The lowest BCUT2D eigenvalue weighted by Gasteiger charge is -2.21. The van der Waals surface area contributed by atoms with E-state index < -0.39 is 0 Å². The summed E-state index contributed by atoms with van der Waals surface area (Å²) in [5.41, 5.74) is 6.89. The van der Waals surface area contributed by atoms with Gasteiger partial charge in [-0.2, -0.15) is 4.37 Å². The number of aromatic nitrogens is 1. The van der Waals surface area contributed by atoms with Gasteiger partial charge in [-0.3, -0.25) is 0 Å². The highest BCUT2D eigenvalue weighted by Gasteiger charge is 2.30. The fourth-order valence-corrected chi connectivity index (χ4v) is 3.65. The van der Waals surface area contributed by atoms with Crippen LogP contribution >= 0.6 is 11.5 Å². The molecule has 4 heteroatoms. The molecule has 0 amide bonds. The SMILES string of the molecule is CC1CC(CN)CN1c1snc2ccccc12. The number of nitrogens with two attached hydrogens (primary N) is 1. The molecule has 2 unspecified atom stereocenters. The fourth-order valence-electron chi connectivity index (χ4n) is 2.68. The molecule has 0 bridgehead atoms. The summed E-state index contributed by atoms with van der Waals surface area (Å²) in [5.74, 6) is 0.630. The number of hydrogen-bond acceptors (Lipinski definition) is 4. The molecule has 1 aliphatic rings. The molecule has 0 aliphatic carbocycles. The normalized spacial score (nSPS) is 24.7. The van der Waals surface area contributed by atoms with Crippen molar-refractivity contribution in [3.8, 4) is 0 Å². The Morgan fingerprint density at radius 1 is 1.47 bits per heavy atom. The Labute approximate surface area is 105 Å². The Morgan fingerprint density at radius 2 is 2.29 bits per heavy atom. The molecule has 1 aliphatic heterocycles. The van der Waals surface area contributed by atoms with Crippen molar-refractivity contribution in [1.82, 2.24) is 4.37 Å². The van der Waals surface area contributed by atoms with Crippen LogP contribution in [0.1, 0.15) is 13.3 Å². The number of rotatable bonds is 2. The van der Waals surface area contributed by atoms with E-state index in [0.717, 1.165) is 18.6 Å². The first-order chi connectivity index (χ1) is 8.29. The molecule has 0 saturated carbocycles. The van der Waals surface area contributed by atoms with Gasteiger partial charge in [0.05, 0.1) is 5.52 Å². The zero-order chi connectivity index (χ0) is 11.8. The molecule has 1 aromatic carbocycles. The van der Waals surface area contributed by atoms with E-state index in [-0.39, 0.29) is 0 Å². The number of fused-ring (bicyclic) bond motifs is 1. The fraction of sp³-hybridized carbons (Fsp3) is 0.462. The summed E-state index contributed by atoms with van der Waals surface area (Å²) in [6, 6.07) is 8.95. The van der Waals surface area contributed by atoms with E-state index >= 15 is 0 Å². The summed E-state index contributed by atoms with van der Waals surface area (Å²) in [5, 5.41) is 2.59. The first kappa shape index (κ1) is 11.0. The van der Waals surface area contributed by atoms with Crippen LogP contribution in [0.25, 0.3) is 10.9 Å². The van der Waals surface area contributed by atoms with Crippen molar-refractivity contribution in [3.63, 3.8) is 0 Å². The van der Waals surface area contributed by atoms with Gasteiger partial charge in [0.25, 0.3) is 0 Å². The zero-order valence-electron chi connectivity index (χ0n) is 9.97. The predicted molar refractivity (Wildman–Crippen MR) is 73.6 cm³/mol. The summed E-state index contributed by atoms with van der Waals surface area (Å²) < 4.78 is 4.52. The highest BCUT2D eigenvalue weighted by molar-refractivity contribution is 7.11. The first-order valence-corrected chi connectivity index (χ1v) is 6.88. The predicted octanol–water partition coefficient (Wildman–Crippen LogP) is 2.47. The second-order valence-corrected chi connectivity index (χ2v) is 5.60. The quantitative estimate of drug-likeness (QED) is 0.886. The van der Waals surface area contributed by atoms with Crippen LogP contribution in [0, 0.1) is 5.92 Å². The molecule has 2 heterocycles. The molecule has 17 heavy (non-hydrogen) atoms. The summed E-state index contributed by atoms with van der Waals surface area (Å²) in [6.07, 6.45) is 1.20. The summed E-state index contributed by atoms with van der Waals surface area (Å²) in [4.78, 5) is 2.47. The number of hydrogen-bond donors (Lipinski definition) is 1. The van der Waals surface area contributed by atoms with Gasteiger partial charge in [0, 0.05) is 18.0 Å². The highest BCUT2D eigenvalue weighted by atomic mass is 32.1. The largest absolute Gasteiger partial charge is 0.359 e. The van der Waals surface area contributed by atoms with E-state index in [2.05, 4.69) is 34.4 Å². The minimum Gasteiger partial charge on any atom is -0.359 e. The van der Waals surface area contributed by atoms with Crippen LogP contribution < -0.4 is 10.6 Å². The van der Waals surface area contributed by atoms with Gasteiger partial charge in [0.2, 0.25) is 0 Å². The number of benzene rings is 1. The van der Waals surface area contributed by atoms with E-state index in [4.69, 9.17) is 5.73 Å². The Bertz CT molecular complexity index is 522. The van der Waals surface area contributed by atoms with Crippen molar-refractivity contribution < 1.29 is 0 Å². The molecule has 3 nitrogen and oxygen atoms in total. The summed E-state index contributed by atoms with van der Waals surface area (Å²) >= 11 is 1.61. The van der Waals surface area contributed by atoms with E-state index in [0.29, 0.717) is 12.0 Å². The van der Waals surface area contributed by atoms with Crippen LogP contribution in [-0.4, -0.2) is 23.5 Å². The van der Waals surface area contributed by atoms with Crippen molar-refractivity contribution >= 4 is 27.4 Å². The van der Waals surface area contributed by atoms with E-state index in [9.17, 15) is 0 Å². The molecular weight excluding hydrogens is 230 g/mol. The average molecular weight is 247 g/mol. The molecule has 2 atom stereocenters. The maximum atomic E-state index is 5.79. The van der Waals surface area contributed by atoms with Gasteiger partial charge in [-0.15, -0.1) is 0 Å². The lowest BCUT2D eigenvalue weighted by Crippen LogP contribution is -2.26. The van der Waals surface area contributed by atoms with Gasteiger partial charge in [0.15, 0.2) is 0 Å². The number of nitrogens with zero attached hydrogens (tertiary/aromatic N) is 2.